The number of pyridine rings is 2. The summed E-state index contributed by atoms with van der Waals surface area (Å²) in [6.45, 7) is 0.323. The van der Waals surface area contributed by atoms with Crippen molar-refractivity contribution in [2.75, 3.05) is 0 Å². The molecule has 5 aromatic rings. The Balaban J connectivity index is 1.86. The van der Waals surface area contributed by atoms with Gasteiger partial charge in [-0.1, -0.05) is 103 Å². The molecular weight excluding hydrogens is 463 g/mol. The lowest BCUT2D eigenvalue weighted by Crippen LogP contribution is -2.26. The van der Waals surface area contributed by atoms with E-state index in [4.69, 9.17) is 11.6 Å². The molecule has 0 aliphatic rings. The molecule has 5 rings (SSSR count). The normalized spacial score (nSPS) is 11.0. The van der Waals surface area contributed by atoms with E-state index in [1.54, 1.807) is 34.9 Å². The summed E-state index contributed by atoms with van der Waals surface area (Å²) < 4.78 is 16.3. The van der Waals surface area contributed by atoms with Gasteiger partial charge in [-0.05, 0) is 17.2 Å². The molecule has 0 bridgehead atoms. The van der Waals surface area contributed by atoms with Gasteiger partial charge in [-0.2, -0.15) is 0 Å². The molecule has 35 heavy (non-hydrogen) atoms. The highest BCUT2D eigenvalue weighted by atomic mass is 35.5. The van der Waals surface area contributed by atoms with Gasteiger partial charge in [0, 0.05) is 24.2 Å². The predicted octanol–water partition coefficient (Wildman–Crippen LogP) is 6.06. The predicted molar refractivity (Wildman–Crippen MR) is 136 cm³/mol. The Hall–Kier alpha value is -4.09. The van der Waals surface area contributed by atoms with Gasteiger partial charge in [0.2, 0.25) is 5.43 Å². The van der Waals surface area contributed by atoms with Crippen LogP contribution in [0.15, 0.2) is 102 Å². The van der Waals surface area contributed by atoms with Gasteiger partial charge in [-0.3, -0.25) is 9.59 Å². The fraction of sp³-hybridized carbons (Fsp3) is 0.0690. The molecule has 0 amide bonds. The van der Waals surface area contributed by atoms with E-state index in [-0.39, 0.29) is 21.7 Å². The van der Waals surface area contributed by atoms with Crippen LogP contribution in [0.5, 0.6) is 0 Å². The van der Waals surface area contributed by atoms with E-state index in [1.807, 2.05) is 60.7 Å². The quantitative estimate of drug-likeness (QED) is 0.218. The van der Waals surface area contributed by atoms with Gasteiger partial charge in [-0.25, -0.2) is 9.37 Å². The highest BCUT2D eigenvalue weighted by molar-refractivity contribution is 6.30. The van der Waals surface area contributed by atoms with Gasteiger partial charge in [0.1, 0.15) is 5.65 Å². The molecule has 6 heteroatoms. The maximum atomic E-state index is 14.5. The summed E-state index contributed by atoms with van der Waals surface area (Å²) in [4.78, 5) is 31.7. The van der Waals surface area contributed by atoms with Crippen LogP contribution in [-0.2, 0) is 13.0 Å². The van der Waals surface area contributed by atoms with Gasteiger partial charge >= 0.3 is 0 Å². The van der Waals surface area contributed by atoms with Crippen LogP contribution in [0.4, 0.5) is 4.39 Å². The van der Waals surface area contributed by atoms with E-state index >= 15 is 0 Å². The Morgan fingerprint density at radius 3 is 2.06 bits per heavy atom. The standard InChI is InChI=1S/C29H20ClFN2O2/c30-28-23(31)17-22-27(35)25(26(34)21-14-8-3-9-15-21)24(16-19-10-4-1-5-11-19)33(29(22)32-28)18-20-12-6-2-7-13-20/h1-15,17H,16,18H2. The maximum Gasteiger partial charge on any atom is 0.202 e. The number of hydrogen-bond donors (Lipinski definition) is 0. The highest BCUT2D eigenvalue weighted by Crippen LogP contribution is 2.25. The summed E-state index contributed by atoms with van der Waals surface area (Å²) in [7, 11) is 0. The molecule has 0 radical (unpaired) electrons. The molecule has 0 spiro atoms. The largest absolute Gasteiger partial charge is 0.324 e. The summed E-state index contributed by atoms with van der Waals surface area (Å²) in [6, 6.07) is 28.9. The molecule has 0 aliphatic heterocycles. The monoisotopic (exact) mass is 482 g/mol. The topological polar surface area (TPSA) is 52.0 Å². The molecule has 0 saturated heterocycles. The van der Waals surface area contributed by atoms with E-state index in [0.717, 1.165) is 17.2 Å². The van der Waals surface area contributed by atoms with Gasteiger partial charge in [0.25, 0.3) is 0 Å². The molecule has 4 nitrogen and oxygen atoms in total. The van der Waals surface area contributed by atoms with Crippen LogP contribution in [0.1, 0.15) is 32.7 Å². The van der Waals surface area contributed by atoms with Crippen molar-refractivity contribution >= 4 is 28.4 Å². The number of carbonyl (C=O) groups excluding carboxylic acids is 1. The average Bonchev–Trinajstić information content (AvgIpc) is 2.89. The number of fused-ring (bicyclic) bond motifs is 1. The molecule has 0 fully saturated rings. The van der Waals surface area contributed by atoms with Crippen LogP contribution in [0, 0.1) is 5.82 Å². The third-order valence-electron chi connectivity index (χ3n) is 5.92. The lowest BCUT2D eigenvalue weighted by atomic mass is 9.95. The molecule has 0 unspecified atom stereocenters. The van der Waals surface area contributed by atoms with Crippen LogP contribution in [0.3, 0.4) is 0 Å². The van der Waals surface area contributed by atoms with Crippen LogP contribution in [0.25, 0.3) is 11.0 Å². The van der Waals surface area contributed by atoms with Gasteiger partial charge in [0.15, 0.2) is 16.8 Å². The zero-order valence-corrected chi connectivity index (χ0v) is 19.4. The number of carbonyl (C=O) groups is 1. The Morgan fingerprint density at radius 2 is 1.43 bits per heavy atom. The average molecular weight is 483 g/mol. The second kappa shape index (κ2) is 9.65. The fourth-order valence-corrected chi connectivity index (χ4v) is 4.37. The number of nitrogens with zero attached hydrogens (tertiary/aromatic N) is 2. The molecule has 172 valence electrons. The summed E-state index contributed by atoms with van der Waals surface area (Å²) in [6.07, 6.45) is 0.309. The number of ketones is 1. The first-order valence-corrected chi connectivity index (χ1v) is 11.5. The molecule has 0 N–H and O–H groups in total. The summed E-state index contributed by atoms with van der Waals surface area (Å²) in [5, 5.41) is -0.314. The first kappa shape index (κ1) is 22.7. The van der Waals surface area contributed by atoms with Gasteiger partial charge in [-0.15, -0.1) is 0 Å². The Bertz CT molecular complexity index is 1580. The van der Waals surface area contributed by atoms with E-state index in [9.17, 15) is 14.0 Å². The minimum Gasteiger partial charge on any atom is -0.324 e. The van der Waals surface area contributed by atoms with Crippen molar-refractivity contribution in [3.05, 3.63) is 146 Å². The second-order valence-corrected chi connectivity index (χ2v) is 8.57. The number of aromatic nitrogens is 2. The molecule has 3 aromatic carbocycles. The SMILES string of the molecule is O=C(c1ccccc1)c1c(Cc2ccccc2)n(Cc2ccccc2)c2nc(Cl)c(F)cc2c1=O. The molecule has 0 atom stereocenters. The van der Waals surface area contributed by atoms with Crippen molar-refractivity contribution in [2.24, 2.45) is 0 Å². The van der Waals surface area contributed by atoms with Crippen LogP contribution in [-0.4, -0.2) is 15.3 Å². The van der Waals surface area contributed by atoms with Crippen molar-refractivity contribution in [3.8, 4) is 0 Å². The van der Waals surface area contributed by atoms with E-state index in [2.05, 4.69) is 4.98 Å². The van der Waals surface area contributed by atoms with Crippen molar-refractivity contribution < 1.29 is 9.18 Å². The first-order chi connectivity index (χ1) is 17.0. The van der Waals surface area contributed by atoms with E-state index in [1.165, 1.54) is 0 Å². The van der Waals surface area contributed by atoms with Gasteiger partial charge < -0.3 is 4.57 Å². The zero-order valence-electron chi connectivity index (χ0n) is 18.6. The van der Waals surface area contributed by atoms with E-state index < -0.39 is 17.0 Å². The zero-order chi connectivity index (χ0) is 24.4. The third kappa shape index (κ3) is 4.51. The Labute approximate surface area is 206 Å². The van der Waals surface area contributed by atoms with Gasteiger partial charge in [0.05, 0.1) is 10.9 Å². The Kier molecular flexibility index (Phi) is 6.25. The van der Waals surface area contributed by atoms with Crippen LogP contribution >= 0.6 is 11.6 Å². The summed E-state index contributed by atoms with van der Waals surface area (Å²) in [5.41, 5.74) is 2.42. The fourth-order valence-electron chi connectivity index (χ4n) is 4.24. The van der Waals surface area contributed by atoms with Crippen molar-refractivity contribution in [3.63, 3.8) is 0 Å². The molecule has 0 aliphatic carbocycles. The number of benzene rings is 3. The van der Waals surface area contributed by atoms with Crippen molar-refractivity contribution in [1.29, 1.82) is 0 Å². The lowest BCUT2D eigenvalue weighted by Gasteiger charge is -2.20. The van der Waals surface area contributed by atoms with E-state index in [0.29, 0.717) is 24.2 Å². The number of hydrogen-bond acceptors (Lipinski definition) is 3. The third-order valence-corrected chi connectivity index (χ3v) is 6.18. The smallest absolute Gasteiger partial charge is 0.202 e. The molecule has 2 heterocycles. The lowest BCUT2D eigenvalue weighted by molar-refractivity contribution is 0.103. The number of rotatable bonds is 6. The Morgan fingerprint density at radius 1 is 0.857 bits per heavy atom. The molecular formula is C29H20ClFN2O2. The minimum atomic E-state index is -0.809. The first-order valence-electron chi connectivity index (χ1n) is 11.1. The van der Waals surface area contributed by atoms with Crippen molar-refractivity contribution in [2.45, 2.75) is 13.0 Å². The summed E-state index contributed by atoms with van der Waals surface area (Å²) in [5.74, 6) is -1.22. The van der Waals surface area contributed by atoms with Crippen LogP contribution < -0.4 is 5.43 Å². The molecule has 2 aromatic heterocycles. The summed E-state index contributed by atoms with van der Waals surface area (Å²) >= 11 is 6.06. The minimum absolute atomic E-state index is 0.00649. The second-order valence-electron chi connectivity index (χ2n) is 8.21. The highest BCUT2D eigenvalue weighted by Gasteiger charge is 2.25. The van der Waals surface area contributed by atoms with Crippen molar-refractivity contribution in [1.82, 2.24) is 9.55 Å². The van der Waals surface area contributed by atoms with Crippen LogP contribution in [0.2, 0.25) is 5.15 Å². The number of halogens is 2. The maximum absolute atomic E-state index is 14.5. The molecule has 0 saturated carbocycles.